The van der Waals surface area contributed by atoms with Crippen LogP contribution in [0.25, 0.3) is 6.08 Å². The number of hydrogen-bond donors (Lipinski definition) is 1. The van der Waals surface area contributed by atoms with Crippen LogP contribution in [0.15, 0.2) is 27.9 Å². The van der Waals surface area contributed by atoms with Crippen LogP contribution in [0.4, 0.5) is 0 Å². The lowest BCUT2D eigenvalue weighted by molar-refractivity contribution is 0.475. The molecule has 1 rings (SSSR count). The summed E-state index contributed by atoms with van der Waals surface area (Å²) >= 11 is 4.07. The van der Waals surface area contributed by atoms with Crippen molar-refractivity contribution in [2.45, 2.75) is 12.0 Å². The van der Waals surface area contributed by atoms with Gasteiger partial charge < -0.3 is 4.42 Å². The van der Waals surface area contributed by atoms with Crippen molar-refractivity contribution in [3.05, 3.63) is 24.0 Å². The van der Waals surface area contributed by atoms with Crippen molar-refractivity contribution in [1.82, 2.24) is 0 Å². The van der Waals surface area contributed by atoms with Gasteiger partial charge in [-0.05, 0) is 13.0 Å². The summed E-state index contributed by atoms with van der Waals surface area (Å²) in [4.78, 5) is 0. The van der Waals surface area contributed by atoms with Crippen LogP contribution in [0.3, 0.4) is 0 Å². The van der Waals surface area contributed by atoms with E-state index in [0.29, 0.717) is 5.09 Å². The van der Waals surface area contributed by atoms with Gasteiger partial charge in [-0.25, -0.2) is 0 Å². The summed E-state index contributed by atoms with van der Waals surface area (Å²) in [7, 11) is 0. The Kier molecular flexibility index (Phi) is 2.01. The first-order chi connectivity index (χ1) is 4.34. The number of rotatable bonds is 1. The number of allylic oxidation sites excluding steroid dienone is 1. The second-order valence-electron chi connectivity index (χ2n) is 1.68. The maximum absolute atomic E-state index is 4.93. The second-order valence-corrected chi connectivity index (χ2v) is 2.09. The van der Waals surface area contributed by atoms with Crippen LogP contribution in [0.2, 0.25) is 0 Å². The van der Waals surface area contributed by atoms with Crippen LogP contribution in [-0.4, -0.2) is 0 Å². The average Bonchev–Trinajstić information content (AvgIpc) is 2.18. The Hall–Kier alpha value is -0.630. The van der Waals surface area contributed by atoms with Crippen molar-refractivity contribution < 1.29 is 4.42 Å². The molecule has 0 aliphatic rings. The lowest BCUT2D eigenvalue weighted by Gasteiger charge is -1.82. The normalized spacial score (nSPS) is 10.9. The third-order valence-corrected chi connectivity index (χ3v) is 1.38. The molecule has 48 valence electrons. The number of hydrogen-bond acceptors (Lipinski definition) is 2. The van der Waals surface area contributed by atoms with Crippen molar-refractivity contribution in [1.29, 1.82) is 0 Å². The topological polar surface area (TPSA) is 13.1 Å². The molecular weight excluding hydrogens is 132 g/mol. The highest BCUT2D eigenvalue weighted by Crippen LogP contribution is 2.15. The molecule has 1 heterocycles. The zero-order valence-electron chi connectivity index (χ0n) is 5.16. The molecule has 0 spiro atoms. The summed E-state index contributed by atoms with van der Waals surface area (Å²) in [6, 6.07) is 1.88. The minimum atomic E-state index is 0.674. The van der Waals surface area contributed by atoms with E-state index in [1.54, 1.807) is 6.26 Å². The van der Waals surface area contributed by atoms with Gasteiger partial charge in [-0.15, -0.1) is 12.6 Å². The van der Waals surface area contributed by atoms with Crippen LogP contribution in [-0.2, 0) is 0 Å². The minimum Gasteiger partial charge on any atom is -0.458 e. The van der Waals surface area contributed by atoms with E-state index in [2.05, 4.69) is 12.6 Å². The molecule has 0 radical (unpaired) electrons. The molecule has 0 unspecified atom stereocenters. The van der Waals surface area contributed by atoms with Crippen molar-refractivity contribution in [2.24, 2.45) is 0 Å². The Bertz CT molecular complexity index is 212. The van der Waals surface area contributed by atoms with Crippen LogP contribution >= 0.6 is 12.6 Å². The van der Waals surface area contributed by atoms with Gasteiger partial charge in [0.1, 0.15) is 0 Å². The molecule has 1 aromatic heterocycles. The van der Waals surface area contributed by atoms with E-state index in [-0.39, 0.29) is 0 Å². The molecule has 0 fully saturated rings. The first kappa shape index (κ1) is 6.49. The SMILES string of the molecule is C/C=C\c1ccoc1S. The molecule has 9 heavy (non-hydrogen) atoms. The third-order valence-electron chi connectivity index (χ3n) is 1.02. The van der Waals surface area contributed by atoms with E-state index in [1.165, 1.54) is 0 Å². The first-order valence-electron chi connectivity index (χ1n) is 2.73. The van der Waals surface area contributed by atoms with E-state index >= 15 is 0 Å². The Morgan fingerprint density at radius 2 is 2.44 bits per heavy atom. The molecule has 0 saturated heterocycles. The molecule has 2 heteroatoms. The lowest BCUT2D eigenvalue weighted by atomic mass is 10.3. The van der Waals surface area contributed by atoms with Gasteiger partial charge in [-0.3, -0.25) is 0 Å². The van der Waals surface area contributed by atoms with Gasteiger partial charge in [0.2, 0.25) is 0 Å². The second kappa shape index (κ2) is 2.78. The summed E-state index contributed by atoms with van der Waals surface area (Å²) in [5, 5.41) is 0.674. The monoisotopic (exact) mass is 140 g/mol. The summed E-state index contributed by atoms with van der Waals surface area (Å²) in [6.45, 7) is 1.96. The summed E-state index contributed by atoms with van der Waals surface area (Å²) in [6.07, 6.45) is 5.52. The van der Waals surface area contributed by atoms with Crippen LogP contribution < -0.4 is 0 Å². The van der Waals surface area contributed by atoms with Crippen LogP contribution in [0.1, 0.15) is 12.5 Å². The predicted molar refractivity (Wildman–Crippen MR) is 40.7 cm³/mol. The Labute approximate surface area is 59.8 Å². The molecule has 0 amide bonds. The van der Waals surface area contributed by atoms with Gasteiger partial charge in [0, 0.05) is 5.56 Å². The zero-order chi connectivity index (χ0) is 6.69. The predicted octanol–water partition coefficient (Wildman–Crippen LogP) is 2.60. The maximum Gasteiger partial charge on any atom is 0.164 e. The molecule has 1 aromatic rings. The minimum absolute atomic E-state index is 0.674. The Morgan fingerprint density at radius 3 is 2.89 bits per heavy atom. The highest BCUT2D eigenvalue weighted by Gasteiger charge is 1.93. The fourth-order valence-electron chi connectivity index (χ4n) is 0.618. The molecule has 0 bridgehead atoms. The summed E-state index contributed by atoms with van der Waals surface area (Å²) in [5.41, 5.74) is 1.03. The molecule has 0 aliphatic carbocycles. The fraction of sp³-hybridized carbons (Fsp3) is 0.143. The van der Waals surface area contributed by atoms with Crippen molar-refractivity contribution in [3.8, 4) is 0 Å². The largest absolute Gasteiger partial charge is 0.458 e. The Morgan fingerprint density at radius 1 is 1.67 bits per heavy atom. The van der Waals surface area contributed by atoms with Gasteiger partial charge in [0.15, 0.2) is 5.09 Å². The van der Waals surface area contributed by atoms with E-state index in [4.69, 9.17) is 4.42 Å². The lowest BCUT2D eigenvalue weighted by Crippen LogP contribution is -1.61. The molecule has 0 N–H and O–H groups in total. The van der Waals surface area contributed by atoms with Crippen LogP contribution in [0, 0.1) is 0 Å². The van der Waals surface area contributed by atoms with Gasteiger partial charge in [-0.1, -0.05) is 12.2 Å². The highest BCUT2D eigenvalue weighted by molar-refractivity contribution is 7.80. The van der Waals surface area contributed by atoms with E-state index in [0.717, 1.165) is 5.56 Å². The molecule has 1 nitrogen and oxygen atoms in total. The van der Waals surface area contributed by atoms with Gasteiger partial charge >= 0.3 is 0 Å². The highest BCUT2D eigenvalue weighted by atomic mass is 32.1. The Balaban J connectivity index is 2.94. The molecule has 0 aromatic carbocycles. The summed E-state index contributed by atoms with van der Waals surface area (Å²) in [5.74, 6) is 0. The van der Waals surface area contributed by atoms with Crippen molar-refractivity contribution in [2.75, 3.05) is 0 Å². The maximum atomic E-state index is 4.93. The zero-order valence-corrected chi connectivity index (χ0v) is 6.06. The molecule has 0 atom stereocenters. The molecular formula is C7H8OS. The van der Waals surface area contributed by atoms with Crippen molar-refractivity contribution in [3.63, 3.8) is 0 Å². The molecule has 0 aliphatic heterocycles. The van der Waals surface area contributed by atoms with Crippen molar-refractivity contribution >= 4 is 18.7 Å². The van der Waals surface area contributed by atoms with E-state index in [1.807, 2.05) is 25.1 Å². The number of furan rings is 1. The van der Waals surface area contributed by atoms with Crippen LogP contribution in [0.5, 0.6) is 0 Å². The average molecular weight is 140 g/mol. The third kappa shape index (κ3) is 1.39. The van der Waals surface area contributed by atoms with E-state index in [9.17, 15) is 0 Å². The molecule has 0 saturated carbocycles. The standard InChI is InChI=1S/C7H8OS/c1-2-3-6-4-5-8-7(6)9/h2-5,9H,1H3/b3-2-. The van der Waals surface area contributed by atoms with Gasteiger partial charge in [0.05, 0.1) is 6.26 Å². The van der Waals surface area contributed by atoms with Gasteiger partial charge in [0.25, 0.3) is 0 Å². The fourth-order valence-corrected chi connectivity index (χ4v) is 0.827. The first-order valence-corrected chi connectivity index (χ1v) is 3.18. The number of thiol groups is 1. The van der Waals surface area contributed by atoms with Gasteiger partial charge in [-0.2, -0.15) is 0 Å². The van der Waals surface area contributed by atoms with E-state index < -0.39 is 0 Å². The quantitative estimate of drug-likeness (QED) is 0.592. The summed E-state index contributed by atoms with van der Waals surface area (Å²) < 4.78 is 4.93. The smallest absolute Gasteiger partial charge is 0.164 e.